The van der Waals surface area contributed by atoms with Crippen LogP contribution in [0.4, 0.5) is 0 Å². The van der Waals surface area contributed by atoms with Gasteiger partial charge >= 0.3 is 5.97 Å². The standard InChI is InChI=1S/C4H6NO4.Ir.H2N/c5-2(4(8)9)1-3(6)7;;/h2,5H,1H2,(H,6,7)(H,8,9);;1H2/q-1;;-1. The number of nitrogens with one attached hydrogen (secondary N) is 1. The van der Waals surface area contributed by atoms with Gasteiger partial charge in [-0.25, -0.2) is 0 Å². The fraction of sp³-hybridized carbons (Fsp3) is 0.500. The van der Waals surface area contributed by atoms with Crippen LogP contribution < -0.4 is 0 Å². The molecule has 0 bridgehead atoms. The molecule has 1 radical (unpaired) electrons. The molecule has 11 heavy (non-hydrogen) atoms. The molecule has 7 heteroatoms. The van der Waals surface area contributed by atoms with Gasteiger partial charge in [0.05, 0.1) is 0 Å². The molecule has 0 aromatic rings. The van der Waals surface area contributed by atoms with Crippen molar-refractivity contribution in [3.8, 4) is 0 Å². The van der Waals surface area contributed by atoms with E-state index >= 15 is 0 Å². The normalized spacial score (nSPS) is 10.3. The Balaban J connectivity index is -0.000000320. The third-order valence-corrected chi connectivity index (χ3v) is 0.677. The van der Waals surface area contributed by atoms with E-state index in [2.05, 4.69) is 0 Å². The maximum atomic E-state index is 9.78. The Morgan fingerprint density at radius 3 is 1.82 bits per heavy atom. The SMILES string of the molecule is [Ir].[NH-]C(CC(=O)O)C(=O)O.[NH2-]. The van der Waals surface area contributed by atoms with Crippen molar-refractivity contribution in [3.05, 3.63) is 11.9 Å². The average molecular weight is 340 g/mol. The quantitative estimate of drug-likeness (QED) is 0.781. The minimum atomic E-state index is -1.54. The second kappa shape index (κ2) is 7.61. The van der Waals surface area contributed by atoms with Gasteiger partial charge in [-0.3, -0.25) is 9.59 Å². The van der Waals surface area contributed by atoms with Crippen molar-refractivity contribution in [1.82, 2.24) is 0 Å². The van der Waals surface area contributed by atoms with Gasteiger partial charge < -0.3 is 22.1 Å². The van der Waals surface area contributed by atoms with Crippen molar-refractivity contribution in [2.24, 2.45) is 0 Å². The van der Waals surface area contributed by atoms with E-state index in [0.29, 0.717) is 0 Å². The van der Waals surface area contributed by atoms with Crippen molar-refractivity contribution in [2.45, 2.75) is 12.5 Å². The van der Waals surface area contributed by atoms with Gasteiger partial charge in [0.1, 0.15) is 0 Å². The first kappa shape index (κ1) is 16.9. The summed E-state index contributed by atoms with van der Waals surface area (Å²) < 4.78 is 0. The van der Waals surface area contributed by atoms with Crippen molar-refractivity contribution >= 4 is 11.9 Å². The molecule has 0 aromatic heterocycles. The number of carbonyl (C=O) groups is 2. The molecule has 0 rings (SSSR count). The number of carboxylic acid groups (broad SMARTS) is 2. The summed E-state index contributed by atoms with van der Waals surface area (Å²) in [6.45, 7) is 0. The molecule has 0 spiro atoms. The molecule has 6 nitrogen and oxygen atoms in total. The summed E-state index contributed by atoms with van der Waals surface area (Å²) in [5, 5.41) is 15.9. The molecular weight excluding hydrogens is 332 g/mol. The van der Waals surface area contributed by atoms with Crippen molar-refractivity contribution in [1.29, 1.82) is 0 Å². The monoisotopic (exact) mass is 341 g/mol. The fourth-order valence-corrected chi connectivity index (χ4v) is 0.262. The molecule has 0 fully saturated rings. The summed E-state index contributed by atoms with van der Waals surface area (Å²) in [5.41, 5.74) is 6.58. The zero-order chi connectivity index (χ0) is 7.44. The number of aliphatic carboxylic acids is 2. The van der Waals surface area contributed by atoms with Crippen LogP contribution in [0.2, 0.25) is 0 Å². The van der Waals surface area contributed by atoms with Gasteiger partial charge in [0.25, 0.3) is 5.97 Å². The van der Waals surface area contributed by atoms with Crippen LogP contribution in [0.3, 0.4) is 0 Å². The molecule has 0 aliphatic heterocycles. The van der Waals surface area contributed by atoms with Crippen LogP contribution in [0, 0.1) is 0 Å². The summed E-state index contributed by atoms with van der Waals surface area (Å²) in [6, 6.07) is -1.54. The Kier molecular flexibility index (Phi) is 11.7. The van der Waals surface area contributed by atoms with E-state index in [0.717, 1.165) is 0 Å². The molecule has 0 heterocycles. The number of hydrogen-bond donors (Lipinski definition) is 2. The summed E-state index contributed by atoms with van der Waals surface area (Å²) in [7, 11) is 0. The topological polar surface area (TPSA) is 132 Å². The zero-order valence-corrected chi connectivity index (χ0v) is 7.80. The van der Waals surface area contributed by atoms with Gasteiger partial charge in [-0.15, -0.1) is 0 Å². The molecule has 0 aromatic carbocycles. The summed E-state index contributed by atoms with van der Waals surface area (Å²) >= 11 is 0. The smallest absolute Gasteiger partial charge is 0.302 e. The molecule has 0 aliphatic rings. The van der Waals surface area contributed by atoms with Crippen molar-refractivity contribution in [2.75, 3.05) is 0 Å². The zero-order valence-electron chi connectivity index (χ0n) is 5.41. The maximum absolute atomic E-state index is 9.78. The Morgan fingerprint density at radius 1 is 1.36 bits per heavy atom. The largest absolute Gasteiger partial charge is 0.693 e. The van der Waals surface area contributed by atoms with Gasteiger partial charge in [-0.1, -0.05) is 0 Å². The van der Waals surface area contributed by atoms with Crippen LogP contribution in [-0.4, -0.2) is 28.2 Å². The molecule has 0 saturated carbocycles. The molecular formula is C4H8IrN2O4-2. The number of rotatable bonds is 3. The average Bonchev–Trinajstić information content (AvgIpc) is 1.63. The number of nitrogens with two attached hydrogens (primary N) is 1. The molecule has 0 amide bonds. The molecule has 1 atom stereocenters. The summed E-state index contributed by atoms with van der Waals surface area (Å²) in [6.07, 6.45) is -0.644. The third-order valence-electron chi connectivity index (χ3n) is 0.677. The fourth-order valence-electron chi connectivity index (χ4n) is 0.262. The van der Waals surface area contributed by atoms with Gasteiger partial charge in [-0.2, -0.15) is 0 Å². The van der Waals surface area contributed by atoms with Gasteiger partial charge in [0, 0.05) is 26.5 Å². The first-order chi connectivity index (χ1) is 4.04. The minimum absolute atomic E-state index is 0. The van der Waals surface area contributed by atoms with Crippen LogP contribution in [0.5, 0.6) is 0 Å². The predicted molar refractivity (Wildman–Crippen MR) is 33.3 cm³/mol. The van der Waals surface area contributed by atoms with Gasteiger partial charge in [0.15, 0.2) is 0 Å². The van der Waals surface area contributed by atoms with Crippen LogP contribution in [0.1, 0.15) is 6.42 Å². The van der Waals surface area contributed by atoms with E-state index < -0.39 is 24.4 Å². The Morgan fingerprint density at radius 2 is 1.73 bits per heavy atom. The summed E-state index contributed by atoms with van der Waals surface area (Å²) in [5.74, 6) is -2.67. The van der Waals surface area contributed by atoms with Crippen molar-refractivity contribution < 1.29 is 39.9 Å². The Labute approximate surface area is 76.7 Å². The van der Waals surface area contributed by atoms with Gasteiger partial charge in [0.2, 0.25) is 0 Å². The van der Waals surface area contributed by atoms with E-state index in [1.54, 1.807) is 0 Å². The second-order valence-corrected chi connectivity index (χ2v) is 1.49. The van der Waals surface area contributed by atoms with Crippen LogP contribution >= 0.6 is 0 Å². The third kappa shape index (κ3) is 9.51. The molecule has 0 aliphatic carbocycles. The molecule has 1 unspecified atom stereocenters. The predicted octanol–water partition coefficient (Wildman–Crippen LogP) is 0.681. The first-order valence-electron chi connectivity index (χ1n) is 2.19. The van der Waals surface area contributed by atoms with E-state index in [1.165, 1.54) is 0 Å². The molecule has 69 valence electrons. The van der Waals surface area contributed by atoms with E-state index in [9.17, 15) is 9.59 Å². The second-order valence-electron chi connectivity index (χ2n) is 1.49. The maximum Gasteiger partial charge on any atom is 0.302 e. The van der Waals surface area contributed by atoms with Crippen molar-refractivity contribution in [3.63, 3.8) is 0 Å². The van der Waals surface area contributed by atoms with E-state index in [1.807, 2.05) is 0 Å². The van der Waals surface area contributed by atoms with E-state index in [-0.39, 0.29) is 26.3 Å². The minimum Gasteiger partial charge on any atom is -0.693 e. The van der Waals surface area contributed by atoms with Crippen LogP contribution in [-0.2, 0) is 29.7 Å². The van der Waals surface area contributed by atoms with Gasteiger partial charge in [-0.05, 0) is 6.04 Å². The Hall–Kier alpha value is -0.491. The Bertz CT molecular complexity index is 140. The van der Waals surface area contributed by atoms with E-state index in [4.69, 9.17) is 15.9 Å². The van der Waals surface area contributed by atoms with Crippen LogP contribution in [0.15, 0.2) is 0 Å². The first-order valence-corrected chi connectivity index (χ1v) is 2.19. The van der Waals surface area contributed by atoms with Crippen LogP contribution in [0.25, 0.3) is 11.9 Å². The molecule has 0 saturated heterocycles. The number of hydrogen-bond acceptors (Lipinski definition) is 2. The summed E-state index contributed by atoms with van der Waals surface area (Å²) in [4.78, 5) is 19.5. The number of carboxylic acids is 2. The molecule has 5 N–H and O–H groups in total.